The molecule has 9 nitrogen and oxygen atoms in total. The predicted molar refractivity (Wildman–Crippen MR) is 130 cm³/mol. The molecule has 170 valence electrons. The van der Waals surface area contributed by atoms with Gasteiger partial charge in [-0.25, -0.2) is 15.4 Å². The monoisotopic (exact) mass is 455 g/mol. The summed E-state index contributed by atoms with van der Waals surface area (Å²) in [5.41, 5.74) is 6.13. The molecule has 0 atom stereocenters. The minimum Gasteiger partial charge on any atom is -0.493 e. The van der Waals surface area contributed by atoms with Crippen LogP contribution in [-0.4, -0.2) is 35.3 Å². The predicted octanol–water partition coefficient (Wildman–Crippen LogP) is 5.18. The fourth-order valence-corrected chi connectivity index (χ4v) is 3.32. The van der Waals surface area contributed by atoms with Crippen molar-refractivity contribution in [2.75, 3.05) is 19.6 Å². The zero-order chi connectivity index (χ0) is 23.9. The maximum Gasteiger partial charge on any atom is 0.278 e. The fraction of sp³-hybridized carbons (Fsp3) is 0.0800. The van der Waals surface area contributed by atoms with Crippen molar-refractivity contribution in [3.63, 3.8) is 0 Å². The number of ether oxygens (including phenoxy) is 2. The Morgan fingerprint density at radius 2 is 1.53 bits per heavy atom. The van der Waals surface area contributed by atoms with Crippen LogP contribution in [-0.2, 0) is 0 Å². The molecule has 0 saturated carbocycles. The van der Waals surface area contributed by atoms with E-state index in [-0.39, 0.29) is 11.6 Å². The molecule has 0 aliphatic rings. The Morgan fingerprint density at radius 3 is 2.24 bits per heavy atom. The van der Waals surface area contributed by atoms with Gasteiger partial charge in [0.05, 0.1) is 42.3 Å². The number of methoxy groups -OCH3 is 2. The van der Waals surface area contributed by atoms with Crippen LogP contribution in [0.3, 0.4) is 0 Å². The topological polar surface area (TPSA) is 112 Å². The third kappa shape index (κ3) is 4.99. The van der Waals surface area contributed by atoms with Gasteiger partial charge in [-0.15, -0.1) is 0 Å². The summed E-state index contributed by atoms with van der Waals surface area (Å²) in [5, 5.41) is 15.4. The zero-order valence-electron chi connectivity index (χ0n) is 18.5. The van der Waals surface area contributed by atoms with Gasteiger partial charge >= 0.3 is 0 Å². The lowest BCUT2D eigenvalue weighted by molar-refractivity contribution is -0.385. The van der Waals surface area contributed by atoms with Gasteiger partial charge in [-0.05, 0) is 30.3 Å². The quantitative estimate of drug-likeness (QED) is 0.221. The first-order valence-electron chi connectivity index (χ1n) is 10.3. The highest BCUT2D eigenvalue weighted by molar-refractivity contribution is 5.85. The van der Waals surface area contributed by atoms with Crippen molar-refractivity contribution in [1.82, 2.24) is 9.97 Å². The summed E-state index contributed by atoms with van der Waals surface area (Å²) in [5.74, 6) is 1.42. The molecule has 34 heavy (non-hydrogen) atoms. The van der Waals surface area contributed by atoms with Gasteiger partial charge in [-0.2, -0.15) is 5.10 Å². The maximum atomic E-state index is 11.2. The van der Waals surface area contributed by atoms with Crippen molar-refractivity contribution in [3.05, 3.63) is 94.5 Å². The van der Waals surface area contributed by atoms with Crippen molar-refractivity contribution in [3.8, 4) is 34.0 Å². The maximum absolute atomic E-state index is 11.2. The number of hydrogen-bond donors (Lipinski definition) is 1. The van der Waals surface area contributed by atoms with Crippen molar-refractivity contribution in [2.45, 2.75) is 0 Å². The normalized spacial score (nSPS) is 10.8. The van der Waals surface area contributed by atoms with Crippen LogP contribution in [0.5, 0.6) is 11.5 Å². The molecular weight excluding hydrogens is 434 g/mol. The lowest BCUT2D eigenvalue weighted by atomic mass is 10.1. The lowest BCUT2D eigenvalue weighted by Crippen LogP contribution is -2.01. The largest absolute Gasteiger partial charge is 0.493 e. The molecule has 0 fully saturated rings. The third-order valence-corrected chi connectivity index (χ3v) is 4.98. The van der Waals surface area contributed by atoms with E-state index in [4.69, 9.17) is 9.47 Å². The van der Waals surface area contributed by atoms with Crippen LogP contribution in [0.15, 0.2) is 84.0 Å². The minimum atomic E-state index is -0.455. The second kappa shape index (κ2) is 10.2. The van der Waals surface area contributed by atoms with E-state index in [0.717, 1.165) is 11.1 Å². The van der Waals surface area contributed by atoms with Crippen molar-refractivity contribution in [2.24, 2.45) is 5.10 Å². The summed E-state index contributed by atoms with van der Waals surface area (Å²) in [4.78, 5) is 19.9. The van der Waals surface area contributed by atoms with Crippen molar-refractivity contribution >= 4 is 17.9 Å². The van der Waals surface area contributed by atoms with Gasteiger partial charge in [-0.1, -0.05) is 42.5 Å². The van der Waals surface area contributed by atoms with Crippen LogP contribution < -0.4 is 14.9 Å². The third-order valence-electron chi connectivity index (χ3n) is 4.98. The summed E-state index contributed by atoms with van der Waals surface area (Å²) < 4.78 is 10.8. The molecule has 0 aliphatic carbocycles. The highest BCUT2D eigenvalue weighted by Gasteiger charge is 2.13. The molecule has 0 saturated heterocycles. The second-order valence-corrected chi connectivity index (χ2v) is 7.08. The van der Waals surface area contributed by atoms with Crippen LogP contribution in [0.4, 0.5) is 11.6 Å². The smallest absolute Gasteiger partial charge is 0.278 e. The fourth-order valence-electron chi connectivity index (χ4n) is 3.32. The number of nitrogens with one attached hydrogen (secondary N) is 1. The first-order chi connectivity index (χ1) is 16.6. The summed E-state index contributed by atoms with van der Waals surface area (Å²) >= 11 is 0. The molecule has 0 bridgehead atoms. The number of nitrogens with zero attached hydrogens (tertiary/aromatic N) is 4. The highest BCUT2D eigenvalue weighted by Crippen LogP contribution is 2.33. The molecular formula is C25H21N5O4. The van der Waals surface area contributed by atoms with Gasteiger partial charge in [0.25, 0.3) is 5.69 Å². The average molecular weight is 455 g/mol. The Morgan fingerprint density at radius 1 is 0.853 bits per heavy atom. The standard InChI is InChI=1S/C25H21N5O4/c1-33-23-13-12-18(14-24(23)34-2)21-15-20(17-8-4-3-5-9-17)27-25(28-21)29-26-16-19-10-6-7-11-22(19)30(31)32/h3-16H,1-2H3,(H,27,28,29). The molecule has 1 N–H and O–H groups in total. The molecule has 3 aromatic carbocycles. The average Bonchev–Trinajstić information content (AvgIpc) is 2.88. The second-order valence-electron chi connectivity index (χ2n) is 7.08. The van der Waals surface area contributed by atoms with Gasteiger partial charge in [0.2, 0.25) is 5.95 Å². The van der Waals surface area contributed by atoms with E-state index in [9.17, 15) is 10.1 Å². The van der Waals surface area contributed by atoms with Gasteiger partial charge in [0.1, 0.15) is 0 Å². The lowest BCUT2D eigenvalue weighted by Gasteiger charge is -2.11. The van der Waals surface area contributed by atoms with Crippen molar-refractivity contribution in [1.29, 1.82) is 0 Å². The van der Waals surface area contributed by atoms with Crippen LogP contribution in [0.2, 0.25) is 0 Å². The first-order valence-corrected chi connectivity index (χ1v) is 10.3. The Labute approximate surface area is 195 Å². The molecule has 1 heterocycles. The van der Waals surface area contributed by atoms with E-state index >= 15 is 0 Å². The molecule has 1 aromatic heterocycles. The van der Waals surface area contributed by atoms with Crippen LogP contribution in [0.1, 0.15) is 5.56 Å². The molecule has 9 heteroatoms. The van der Waals surface area contributed by atoms with E-state index in [0.29, 0.717) is 28.5 Å². The number of anilines is 1. The van der Waals surface area contributed by atoms with Crippen LogP contribution in [0, 0.1) is 10.1 Å². The number of aromatic nitrogens is 2. The van der Waals surface area contributed by atoms with E-state index in [1.807, 2.05) is 48.5 Å². The Kier molecular flexibility index (Phi) is 6.73. The van der Waals surface area contributed by atoms with Gasteiger partial charge in [-0.3, -0.25) is 10.1 Å². The number of nitro benzene ring substituents is 1. The summed E-state index contributed by atoms with van der Waals surface area (Å²) in [7, 11) is 3.15. The van der Waals surface area contributed by atoms with E-state index in [2.05, 4.69) is 20.5 Å². The van der Waals surface area contributed by atoms with Crippen molar-refractivity contribution < 1.29 is 14.4 Å². The van der Waals surface area contributed by atoms with E-state index in [1.54, 1.807) is 38.5 Å². The number of nitro groups is 1. The first kappa shape index (κ1) is 22.4. The SMILES string of the molecule is COc1ccc(-c2cc(-c3ccccc3)nc(NN=Cc3ccccc3[N+](=O)[O-])n2)cc1OC. The summed E-state index contributed by atoms with van der Waals surface area (Å²) in [6.07, 6.45) is 1.37. The molecule has 0 aliphatic heterocycles. The molecule has 4 aromatic rings. The van der Waals surface area contributed by atoms with Gasteiger partial charge in [0.15, 0.2) is 11.5 Å². The highest BCUT2D eigenvalue weighted by atomic mass is 16.6. The number of benzene rings is 3. The molecule has 4 rings (SSSR count). The zero-order valence-corrected chi connectivity index (χ0v) is 18.5. The summed E-state index contributed by atoms with van der Waals surface area (Å²) in [6, 6.07) is 23.4. The van der Waals surface area contributed by atoms with Crippen LogP contribution in [0.25, 0.3) is 22.5 Å². The molecule has 0 amide bonds. The summed E-state index contributed by atoms with van der Waals surface area (Å²) in [6.45, 7) is 0. The molecule has 0 spiro atoms. The van der Waals surface area contributed by atoms with E-state index < -0.39 is 4.92 Å². The van der Waals surface area contributed by atoms with Gasteiger partial charge < -0.3 is 9.47 Å². The number of rotatable bonds is 8. The molecule has 0 unspecified atom stereocenters. The van der Waals surface area contributed by atoms with Gasteiger partial charge in [0, 0.05) is 17.2 Å². The molecule has 0 radical (unpaired) electrons. The number of para-hydroxylation sites is 1. The minimum absolute atomic E-state index is 0.0435. The number of hydrogen-bond acceptors (Lipinski definition) is 8. The Hall–Kier alpha value is -4.79. The Balaban J connectivity index is 1.72. The Bertz CT molecular complexity index is 1340. The van der Waals surface area contributed by atoms with Crippen LogP contribution >= 0.6 is 0 Å². The van der Waals surface area contributed by atoms with E-state index in [1.165, 1.54) is 12.3 Å². The number of hydrazone groups is 1.